The van der Waals surface area contributed by atoms with Gasteiger partial charge in [-0.05, 0) is 65.7 Å². The van der Waals surface area contributed by atoms with Gasteiger partial charge in [0.2, 0.25) is 0 Å². The number of nitrogens with one attached hydrogen (secondary N) is 1. The van der Waals surface area contributed by atoms with Crippen LogP contribution >= 0.6 is 31.9 Å². The number of benzene rings is 1. The number of hydrogen-bond donors (Lipinski definition) is 2. The normalized spacial score (nSPS) is 25.6. The van der Waals surface area contributed by atoms with Gasteiger partial charge in [-0.1, -0.05) is 29.3 Å². The maximum atomic E-state index is 12.2. The van der Waals surface area contributed by atoms with E-state index in [9.17, 15) is 9.90 Å². The molecule has 116 valence electrons. The van der Waals surface area contributed by atoms with Crippen LogP contribution in [-0.4, -0.2) is 23.2 Å². The van der Waals surface area contributed by atoms with E-state index in [1.54, 1.807) is 6.07 Å². The smallest absolute Gasteiger partial charge is 0.252 e. The molecule has 1 aromatic rings. The lowest BCUT2D eigenvalue weighted by molar-refractivity contribution is -0.00787. The molecule has 0 unspecified atom stereocenters. The van der Waals surface area contributed by atoms with Gasteiger partial charge in [-0.2, -0.15) is 0 Å². The molecule has 0 atom stereocenters. The summed E-state index contributed by atoms with van der Waals surface area (Å²) in [5.74, 6) is 0.571. The first-order valence-corrected chi connectivity index (χ1v) is 8.98. The summed E-state index contributed by atoms with van der Waals surface area (Å²) >= 11 is 6.76. The molecule has 1 aliphatic carbocycles. The quantitative estimate of drug-likeness (QED) is 0.766. The van der Waals surface area contributed by atoms with Gasteiger partial charge in [-0.15, -0.1) is 0 Å². The lowest BCUT2D eigenvalue weighted by Gasteiger charge is -2.35. The first-order chi connectivity index (χ1) is 9.93. The largest absolute Gasteiger partial charge is 0.388 e. The maximum absolute atomic E-state index is 12.2. The second-order valence-corrected chi connectivity index (χ2v) is 7.65. The summed E-state index contributed by atoms with van der Waals surface area (Å²) in [4.78, 5) is 12.2. The van der Waals surface area contributed by atoms with Gasteiger partial charge in [0.1, 0.15) is 0 Å². The maximum Gasteiger partial charge on any atom is 0.252 e. The van der Waals surface area contributed by atoms with Crippen LogP contribution in [0.4, 0.5) is 0 Å². The molecule has 0 aliphatic heterocycles. The van der Waals surface area contributed by atoms with Crippen LogP contribution in [0.5, 0.6) is 0 Å². The van der Waals surface area contributed by atoms with Gasteiger partial charge in [0, 0.05) is 15.5 Å². The van der Waals surface area contributed by atoms with E-state index in [1.165, 1.54) is 6.42 Å². The molecule has 0 saturated heterocycles. The Hall–Kier alpha value is -0.390. The number of halogens is 2. The summed E-state index contributed by atoms with van der Waals surface area (Å²) in [6.45, 7) is 2.52. The number of hydrogen-bond acceptors (Lipinski definition) is 2. The van der Waals surface area contributed by atoms with Gasteiger partial charge in [-0.25, -0.2) is 0 Å². The van der Waals surface area contributed by atoms with Crippen molar-refractivity contribution in [3.05, 3.63) is 32.7 Å². The topological polar surface area (TPSA) is 49.3 Å². The van der Waals surface area contributed by atoms with Crippen molar-refractivity contribution in [2.75, 3.05) is 6.54 Å². The van der Waals surface area contributed by atoms with Gasteiger partial charge in [0.05, 0.1) is 11.2 Å². The van der Waals surface area contributed by atoms with E-state index in [0.29, 0.717) is 12.1 Å². The third kappa shape index (κ3) is 4.54. The van der Waals surface area contributed by atoms with Gasteiger partial charge in [0.15, 0.2) is 0 Å². The molecule has 2 rings (SSSR count). The molecule has 0 bridgehead atoms. The highest BCUT2D eigenvalue weighted by atomic mass is 79.9. The molecule has 0 radical (unpaired) electrons. The Morgan fingerprint density at radius 3 is 2.62 bits per heavy atom. The molecule has 1 aromatic carbocycles. The Labute approximate surface area is 142 Å². The van der Waals surface area contributed by atoms with Crippen LogP contribution in [0.2, 0.25) is 0 Å². The van der Waals surface area contributed by atoms with Crippen LogP contribution in [0.25, 0.3) is 0 Å². The molecular weight excluding hydrogens is 398 g/mol. The highest BCUT2D eigenvalue weighted by Gasteiger charge is 2.33. The fraction of sp³-hybridized carbons (Fsp3) is 0.562. The molecule has 1 amide bonds. The molecule has 0 aromatic heterocycles. The average Bonchev–Trinajstić information content (AvgIpc) is 2.46. The number of carbonyl (C=O) groups excluding carboxylic acids is 1. The van der Waals surface area contributed by atoms with Crippen LogP contribution < -0.4 is 5.32 Å². The van der Waals surface area contributed by atoms with Crippen molar-refractivity contribution < 1.29 is 9.90 Å². The summed E-state index contributed by atoms with van der Waals surface area (Å²) in [5.41, 5.74) is -0.160. The molecule has 1 fully saturated rings. The van der Waals surface area contributed by atoms with Crippen molar-refractivity contribution in [1.82, 2.24) is 5.32 Å². The summed E-state index contributed by atoms with van der Waals surface area (Å²) in [6, 6.07) is 5.44. The highest BCUT2D eigenvalue weighted by Crippen LogP contribution is 2.33. The van der Waals surface area contributed by atoms with E-state index < -0.39 is 5.60 Å². The summed E-state index contributed by atoms with van der Waals surface area (Å²) < 4.78 is 1.67. The minimum absolute atomic E-state index is 0.152. The van der Waals surface area contributed by atoms with Crippen LogP contribution in [-0.2, 0) is 0 Å². The highest BCUT2D eigenvalue weighted by molar-refractivity contribution is 9.11. The van der Waals surface area contributed by atoms with Crippen LogP contribution in [0.1, 0.15) is 49.4 Å². The monoisotopic (exact) mass is 417 g/mol. The fourth-order valence-electron chi connectivity index (χ4n) is 2.81. The molecular formula is C16H21Br2NO2. The van der Waals surface area contributed by atoms with Gasteiger partial charge in [0.25, 0.3) is 5.91 Å². The Bertz CT molecular complexity index is 511. The first-order valence-electron chi connectivity index (χ1n) is 7.39. The third-order valence-corrected chi connectivity index (χ3v) is 5.52. The summed E-state index contributed by atoms with van der Waals surface area (Å²) in [6.07, 6.45) is 4.81. The molecule has 1 saturated carbocycles. The van der Waals surface area contributed by atoms with Gasteiger partial charge in [-0.3, -0.25) is 4.79 Å². The molecule has 0 heterocycles. The number of rotatable bonds is 4. The Balaban J connectivity index is 1.92. The van der Waals surface area contributed by atoms with E-state index in [4.69, 9.17) is 0 Å². The number of carbonyl (C=O) groups is 1. The van der Waals surface area contributed by atoms with Crippen LogP contribution in [0.15, 0.2) is 27.1 Å². The zero-order valence-electron chi connectivity index (χ0n) is 12.2. The zero-order chi connectivity index (χ0) is 15.5. The lowest BCUT2D eigenvalue weighted by Crippen LogP contribution is -2.45. The Morgan fingerprint density at radius 1 is 1.38 bits per heavy atom. The summed E-state index contributed by atoms with van der Waals surface area (Å²) in [5, 5.41) is 13.4. The van der Waals surface area contributed by atoms with Crippen molar-refractivity contribution in [1.29, 1.82) is 0 Å². The minimum Gasteiger partial charge on any atom is -0.388 e. The second kappa shape index (κ2) is 7.25. The Morgan fingerprint density at radius 2 is 2.05 bits per heavy atom. The van der Waals surface area contributed by atoms with E-state index in [-0.39, 0.29) is 5.91 Å². The second-order valence-electron chi connectivity index (χ2n) is 5.88. The predicted molar refractivity (Wildman–Crippen MR) is 91.4 cm³/mol. The molecule has 3 nitrogen and oxygen atoms in total. The van der Waals surface area contributed by atoms with Crippen molar-refractivity contribution in [2.45, 2.75) is 44.6 Å². The van der Waals surface area contributed by atoms with Crippen molar-refractivity contribution in [3.63, 3.8) is 0 Å². The molecule has 5 heteroatoms. The average molecular weight is 419 g/mol. The van der Waals surface area contributed by atoms with Crippen LogP contribution in [0.3, 0.4) is 0 Å². The molecule has 1 aliphatic rings. The Kier molecular flexibility index (Phi) is 5.86. The SMILES string of the molecule is CCC1CCC(O)(CNC(=O)c2ccc(Br)cc2Br)CC1. The fourth-order valence-corrected chi connectivity index (χ4v) is 4.04. The predicted octanol–water partition coefficient (Wildman–Crippen LogP) is 4.27. The zero-order valence-corrected chi connectivity index (χ0v) is 15.3. The van der Waals surface area contributed by atoms with E-state index in [0.717, 1.165) is 40.5 Å². The van der Waals surface area contributed by atoms with E-state index >= 15 is 0 Å². The van der Waals surface area contributed by atoms with Crippen molar-refractivity contribution >= 4 is 37.8 Å². The number of amides is 1. The van der Waals surface area contributed by atoms with Crippen molar-refractivity contribution in [3.8, 4) is 0 Å². The van der Waals surface area contributed by atoms with E-state index in [2.05, 4.69) is 44.1 Å². The standard InChI is InChI=1S/C16H21Br2NO2/c1-2-11-5-7-16(21,8-6-11)10-19-15(20)13-4-3-12(17)9-14(13)18/h3-4,9,11,21H,2,5-8,10H2,1H3,(H,19,20). The number of aliphatic hydroxyl groups is 1. The van der Waals surface area contributed by atoms with Gasteiger partial charge < -0.3 is 10.4 Å². The molecule has 2 N–H and O–H groups in total. The minimum atomic E-state index is -0.747. The van der Waals surface area contributed by atoms with Gasteiger partial charge >= 0.3 is 0 Å². The first kappa shape index (κ1) is 17.0. The van der Waals surface area contributed by atoms with Crippen LogP contribution in [0, 0.1) is 5.92 Å². The third-order valence-electron chi connectivity index (χ3n) is 4.37. The molecule has 21 heavy (non-hydrogen) atoms. The van der Waals surface area contributed by atoms with Crippen molar-refractivity contribution in [2.24, 2.45) is 5.92 Å². The summed E-state index contributed by atoms with van der Waals surface area (Å²) in [7, 11) is 0. The van der Waals surface area contributed by atoms with E-state index in [1.807, 2.05) is 12.1 Å². The lowest BCUT2D eigenvalue weighted by atomic mass is 9.78. The molecule has 0 spiro atoms.